The number of nitrogens with zero attached hydrogens (tertiary/aromatic N) is 1. The van der Waals surface area contributed by atoms with Gasteiger partial charge in [0.15, 0.2) is 6.10 Å². The number of amidine groups is 1. The third-order valence-corrected chi connectivity index (χ3v) is 2.49. The summed E-state index contributed by atoms with van der Waals surface area (Å²) in [5.41, 5.74) is 0. The molecule has 3 heteroatoms. The normalized spacial score (nSPS) is 13.9. The number of rotatable bonds is 4. The van der Waals surface area contributed by atoms with Crippen molar-refractivity contribution < 1.29 is 4.74 Å². The summed E-state index contributed by atoms with van der Waals surface area (Å²) in [5, 5.41) is 3.24. The first-order valence-corrected chi connectivity index (χ1v) is 6.79. The fraction of sp³-hybridized carbons (Fsp3) is 0.438. The van der Waals surface area contributed by atoms with Gasteiger partial charge in [0.05, 0.1) is 13.0 Å². The lowest BCUT2D eigenvalue weighted by atomic mass is 10.2. The molecule has 102 valence electrons. The van der Waals surface area contributed by atoms with Gasteiger partial charge in [0.2, 0.25) is 0 Å². The molecule has 0 radical (unpaired) electrons. The number of benzene rings is 1. The molecule has 1 aromatic rings. The quantitative estimate of drug-likeness (QED) is 0.843. The fourth-order valence-electron chi connectivity index (χ4n) is 1.68. The van der Waals surface area contributed by atoms with E-state index >= 15 is 0 Å². The molecule has 1 aliphatic heterocycles. The van der Waals surface area contributed by atoms with Crippen LogP contribution in [0.25, 0.3) is 0 Å². The maximum Gasteiger partial charge on any atom is 0.166 e. The average molecular weight is 258 g/mol. The molecular formula is C16H22N2O. The van der Waals surface area contributed by atoms with Gasteiger partial charge >= 0.3 is 0 Å². The van der Waals surface area contributed by atoms with Gasteiger partial charge in [-0.25, -0.2) is 0 Å². The van der Waals surface area contributed by atoms with Gasteiger partial charge in [-0.05, 0) is 19.1 Å². The molecule has 1 unspecified atom stereocenters. The molecule has 0 amide bonds. The standard InChI is InChI=1S/C14H16N2O.C2H6/c1-2-3-9-13(14-15-10-11-16-14)17-12-7-5-4-6-8-12;1-2/h4-8,13H,9-11H2,1H3,(H,15,16);1-2H3. The lowest BCUT2D eigenvalue weighted by molar-refractivity contribution is 0.269. The fourth-order valence-corrected chi connectivity index (χ4v) is 1.68. The van der Waals surface area contributed by atoms with Crippen molar-refractivity contribution in [1.82, 2.24) is 5.32 Å². The third kappa shape index (κ3) is 5.05. The van der Waals surface area contributed by atoms with Crippen molar-refractivity contribution in [1.29, 1.82) is 0 Å². The van der Waals surface area contributed by atoms with Crippen LogP contribution >= 0.6 is 0 Å². The Balaban J connectivity index is 0.000000861. The van der Waals surface area contributed by atoms with Gasteiger partial charge in [-0.15, -0.1) is 5.92 Å². The first-order chi connectivity index (χ1) is 9.40. The molecule has 1 N–H and O–H groups in total. The van der Waals surface area contributed by atoms with Crippen molar-refractivity contribution in [2.75, 3.05) is 13.1 Å². The predicted molar refractivity (Wildman–Crippen MR) is 80.6 cm³/mol. The molecule has 1 aliphatic rings. The second-order valence-electron chi connectivity index (χ2n) is 3.74. The van der Waals surface area contributed by atoms with Gasteiger partial charge in [0, 0.05) is 6.54 Å². The summed E-state index contributed by atoms with van der Waals surface area (Å²) in [5.74, 6) is 7.71. The van der Waals surface area contributed by atoms with Crippen molar-refractivity contribution >= 4 is 5.84 Å². The molecule has 0 saturated heterocycles. The van der Waals surface area contributed by atoms with Gasteiger partial charge < -0.3 is 10.1 Å². The number of hydrogen-bond donors (Lipinski definition) is 1. The molecule has 0 aliphatic carbocycles. The van der Waals surface area contributed by atoms with Crippen LogP contribution in [0.4, 0.5) is 0 Å². The molecule has 1 aromatic carbocycles. The molecule has 0 bridgehead atoms. The Kier molecular flexibility index (Phi) is 7.19. The maximum atomic E-state index is 5.90. The number of hydrogen-bond acceptors (Lipinski definition) is 3. The van der Waals surface area contributed by atoms with Crippen molar-refractivity contribution in [3.05, 3.63) is 30.3 Å². The summed E-state index contributed by atoms with van der Waals surface area (Å²) in [4.78, 5) is 4.40. The van der Waals surface area contributed by atoms with E-state index in [2.05, 4.69) is 22.2 Å². The smallest absolute Gasteiger partial charge is 0.166 e. The van der Waals surface area contributed by atoms with Crippen molar-refractivity contribution in [2.24, 2.45) is 4.99 Å². The van der Waals surface area contributed by atoms with E-state index in [0.717, 1.165) is 24.7 Å². The van der Waals surface area contributed by atoms with Gasteiger partial charge in [-0.1, -0.05) is 38.0 Å². The highest BCUT2D eigenvalue weighted by Gasteiger charge is 2.19. The van der Waals surface area contributed by atoms with E-state index in [9.17, 15) is 0 Å². The predicted octanol–water partition coefficient (Wildman–Crippen LogP) is 2.88. The summed E-state index contributed by atoms with van der Waals surface area (Å²) in [7, 11) is 0. The lowest BCUT2D eigenvalue weighted by Gasteiger charge is -2.17. The Labute approximate surface area is 116 Å². The average Bonchev–Trinajstić information content (AvgIpc) is 3.01. The number of para-hydroxylation sites is 1. The van der Waals surface area contributed by atoms with Gasteiger partial charge in [0.1, 0.15) is 11.6 Å². The minimum absolute atomic E-state index is 0.0904. The highest BCUT2D eigenvalue weighted by molar-refractivity contribution is 5.88. The molecule has 3 nitrogen and oxygen atoms in total. The molecule has 1 heterocycles. The highest BCUT2D eigenvalue weighted by Crippen LogP contribution is 2.13. The van der Waals surface area contributed by atoms with Crippen LogP contribution in [0, 0.1) is 11.8 Å². The van der Waals surface area contributed by atoms with E-state index in [-0.39, 0.29) is 6.10 Å². The number of nitrogens with one attached hydrogen (secondary N) is 1. The van der Waals surface area contributed by atoms with Crippen LogP contribution in [0.5, 0.6) is 5.75 Å². The van der Waals surface area contributed by atoms with Gasteiger partial charge in [-0.3, -0.25) is 4.99 Å². The Hall–Kier alpha value is -1.95. The maximum absolute atomic E-state index is 5.90. The monoisotopic (exact) mass is 258 g/mol. The molecular weight excluding hydrogens is 236 g/mol. The summed E-state index contributed by atoms with van der Waals surface area (Å²) in [6.07, 6.45) is 0.573. The summed E-state index contributed by atoms with van der Waals surface area (Å²) in [6, 6.07) is 9.78. The van der Waals surface area contributed by atoms with Crippen LogP contribution in [0.3, 0.4) is 0 Å². The lowest BCUT2D eigenvalue weighted by Crippen LogP contribution is -2.35. The summed E-state index contributed by atoms with van der Waals surface area (Å²) >= 11 is 0. The Morgan fingerprint density at radius 3 is 2.63 bits per heavy atom. The first kappa shape index (κ1) is 15.1. The second kappa shape index (κ2) is 9.04. The second-order valence-corrected chi connectivity index (χ2v) is 3.74. The highest BCUT2D eigenvalue weighted by atomic mass is 16.5. The molecule has 0 aromatic heterocycles. The molecule has 19 heavy (non-hydrogen) atoms. The Bertz CT molecular complexity index is 443. The Morgan fingerprint density at radius 2 is 2.05 bits per heavy atom. The van der Waals surface area contributed by atoms with Crippen LogP contribution in [0.1, 0.15) is 27.2 Å². The minimum Gasteiger partial charge on any atom is -0.482 e. The number of ether oxygens (including phenoxy) is 1. The zero-order valence-corrected chi connectivity index (χ0v) is 11.9. The van der Waals surface area contributed by atoms with E-state index in [1.165, 1.54) is 0 Å². The topological polar surface area (TPSA) is 33.6 Å². The van der Waals surface area contributed by atoms with Crippen molar-refractivity contribution in [2.45, 2.75) is 33.3 Å². The van der Waals surface area contributed by atoms with Gasteiger partial charge in [0.25, 0.3) is 0 Å². The molecule has 0 saturated carbocycles. The van der Waals surface area contributed by atoms with Crippen LogP contribution in [0.2, 0.25) is 0 Å². The molecule has 1 atom stereocenters. The van der Waals surface area contributed by atoms with Crippen molar-refractivity contribution in [3.63, 3.8) is 0 Å². The van der Waals surface area contributed by atoms with Gasteiger partial charge in [-0.2, -0.15) is 0 Å². The van der Waals surface area contributed by atoms with Crippen LogP contribution in [-0.4, -0.2) is 25.0 Å². The molecule has 2 rings (SSSR count). The largest absolute Gasteiger partial charge is 0.482 e. The van der Waals surface area contributed by atoms with Crippen molar-refractivity contribution in [3.8, 4) is 17.6 Å². The van der Waals surface area contributed by atoms with E-state index in [1.54, 1.807) is 0 Å². The van der Waals surface area contributed by atoms with Crippen LogP contribution < -0.4 is 10.1 Å². The zero-order chi connectivity index (χ0) is 13.9. The number of aliphatic imine (C=N–C) groups is 1. The molecule has 0 spiro atoms. The minimum atomic E-state index is -0.0904. The SMILES string of the molecule is CC.CC#CCC(Oc1ccccc1)C1=NCCN1. The van der Waals surface area contributed by atoms with E-state index in [4.69, 9.17) is 4.74 Å². The van der Waals surface area contributed by atoms with E-state index in [1.807, 2.05) is 51.1 Å². The van der Waals surface area contributed by atoms with E-state index in [0.29, 0.717) is 6.42 Å². The Morgan fingerprint density at radius 1 is 1.32 bits per heavy atom. The van der Waals surface area contributed by atoms with E-state index < -0.39 is 0 Å². The summed E-state index contributed by atoms with van der Waals surface area (Å²) < 4.78 is 5.90. The summed E-state index contributed by atoms with van der Waals surface area (Å²) in [6.45, 7) is 7.55. The van der Waals surface area contributed by atoms with Crippen LogP contribution in [0.15, 0.2) is 35.3 Å². The zero-order valence-electron chi connectivity index (χ0n) is 11.9. The third-order valence-electron chi connectivity index (χ3n) is 2.49. The van der Waals surface area contributed by atoms with Crippen LogP contribution in [-0.2, 0) is 0 Å². The molecule has 0 fully saturated rings. The first-order valence-electron chi connectivity index (χ1n) is 6.79.